The molecule has 0 radical (unpaired) electrons. The van der Waals surface area contributed by atoms with Crippen molar-refractivity contribution in [1.29, 1.82) is 0 Å². The molecule has 0 fully saturated rings. The first-order chi connectivity index (χ1) is 6.11. The average molecular weight is 182 g/mol. The van der Waals surface area contributed by atoms with E-state index in [1.807, 2.05) is 13.0 Å². The Hall–Kier alpha value is -0.890. The third-order valence-corrected chi connectivity index (χ3v) is 1.96. The fourth-order valence-corrected chi connectivity index (χ4v) is 1.38. The second-order valence-corrected chi connectivity index (χ2v) is 3.37. The largest absolute Gasteiger partial charge is 0.393 e. The smallest absolute Gasteiger partial charge is 0.123 e. The molecule has 1 unspecified atom stereocenters. The Labute approximate surface area is 78.2 Å². The van der Waals surface area contributed by atoms with E-state index in [0.29, 0.717) is 6.42 Å². The van der Waals surface area contributed by atoms with E-state index in [9.17, 15) is 4.39 Å². The van der Waals surface area contributed by atoms with Gasteiger partial charge in [-0.2, -0.15) is 0 Å². The number of rotatable bonds is 3. The number of benzene rings is 1. The van der Waals surface area contributed by atoms with Gasteiger partial charge in [0.25, 0.3) is 0 Å². The highest BCUT2D eigenvalue weighted by Gasteiger charge is 2.02. The van der Waals surface area contributed by atoms with Gasteiger partial charge in [-0.3, -0.25) is 0 Å². The number of aryl methyl sites for hydroxylation is 1. The van der Waals surface area contributed by atoms with Gasteiger partial charge in [-0.1, -0.05) is 13.0 Å². The van der Waals surface area contributed by atoms with Crippen LogP contribution < -0.4 is 0 Å². The van der Waals surface area contributed by atoms with Crippen molar-refractivity contribution in [3.63, 3.8) is 0 Å². The summed E-state index contributed by atoms with van der Waals surface area (Å²) in [5.41, 5.74) is 1.85. The lowest BCUT2D eigenvalue weighted by molar-refractivity contribution is 0.195. The highest BCUT2D eigenvalue weighted by molar-refractivity contribution is 5.25. The molecular formula is C11H15FO. The molecule has 0 saturated carbocycles. The van der Waals surface area contributed by atoms with Crippen LogP contribution >= 0.6 is 0 Å². The molecule has 2 heteroatoms. The van der Waals surface area contributed by atoms with Crippen LogP contribution in [0.15, 0.2) is 18.2 Å². The lowest BCUT2D eigenvalue weighted by Crippen LogP contribution is -2.04. The maximum Gasteiger partial charge on any atom is 0.123 e. The van der Waals surface area contributed by atoms with Crippen LogP contribution in [0.25, 0.3) is 0 Å². The van der Waals surface area contributed by atoms with Crippen LogP contribution in [0.5, 0.6) is 0 Å². The van der Waals surface area contributed by atoms with Crippen LogP contribution in [-0.2, 0) is 12.8 Å². The van der Waals surface area contributed by atoms with E-state index in [4.69, 9.17) is 5.11 Å². The third-order valence-electron chi connectivity index (χ3n) is 1.96. The van der Waals surface area contributed by atoms with Crippen molar-refractivity contribution >= 4 is 0 Å². The molecule has 1 N–H and O–H groups in total. The van der Waals surface area contributed by atoms with E-state index in [1.54, 1.807) is 6.92 Å². The number of hydrogen-bond acceptors (Lipinski definition) is 1. The summed E-state index contributed by atoms with van der Waals surface area (Å²) < 4.78 is 13.0. The molecule has 1 nitrogen and oxygen atoms in total. The molecule has 1 aromatic carbocycles. The fraction of sp³-hybridized carbons (Fsp3) is 0.455. The van der Waals surface area contributed by atoms with Crippen LogP contribution in [0.4, 0.5) is 4.39 Å². The molecular weight excluding hydrogens is 167 g/mol. The zero-order valence-electron chi connectivity index (χ0n) is 8.05. The maximum atomic E-state index is 13.0. The topological polar surface area (TPSA) is 20.2 Å². The molecule has 1 aromatic rings. The summed E-state index contributed by atoms with van der Waals surface area (Å²) in [6.45, 7) is 3.69. The van der Waals surface area contributed by atoms with Crippen molar-refractivity contribution in [2.75, 3.05) is 0 Å². The van der Waals surface area contributed by atoms with E-state index < -0.39 is 6.10 Å². The van der Waals surface area contributed by atoms with Crippen LogP contribution in [0.2, 0.25) is 0 Å². The summed E-state index contributed by atoms with van der Waals surface area (Å²) in [7, 11) is 0. The zero-order chi connectivity index (χ0) is 9.84. The summed E-state index contributed by atoms with van der Waals surface area (Å²) in [4.78, 5) is 0. The van der Waals surface area contributed by atoms with Gasteiger partial charge in [0, 0.05) is 0 Å². The first kappa shape index (κ1) is 10.2. The Balaban J connectivity index is 2.88. The monoisotopic (exact) mass is 182 g/mol. The number of hydrogen-bond donors (Lipinski definition) is 1. The standard InChI is InChI=1S/C11H15FO/c1-3-9-5-10(4-8(2)13)7-11(12)6-9/h5-8,13H,3-4H2,1-2H3. The predicted molar refractivity (Wildman–Crippen MR) is 51.2 cm³/mol. The summed E-state index contributed by atoms with van der Waals surface area (Å²) in [5, 5.41) is 9.14. The molecule has 0 saturated heterocycles. The Morgan fingerprint density at radius 3 is 2.46 bits per heavy atom. The Morgan fingerprint density at radius 1 is 1.31 bits per heavy atom. The second-order valence-electron chi connectivity index (χ2n) is 3.37. The molecule has 0 aliphatic heterocycles. The van der Waals surface area contributed by atoms with E-state index >= 15 is 0 Å². The van der Waals surface area contributed by atoms with Gasteiger partial charge in [0.2, 0.25) is 0 Å². The third kappa shape index (κ3) is 3.15. The molecule has 72 valence electrons. The van der Waals surface area contributed by atoms with E-state index in [-0.39, 0.29) is 5.82 Å². The summed E-state index contributed by atoms with van der Waals surface area (Å²) >= 11 is 0. The maximum absolute atomic E-state index is 13.0. The van der Waals surface area contributed by atoms with Crippen molar-refractivity contribution in [2.24, 2.45) is 0 Å². The fourth-order valence-electron chi connectivity index (χ4n) is 1.38. The second kappa shape index (κ2) is 4.38. The minimum atomic E-state index is -0.411. The molecule has 1 atom stereocenters. The predicted octanol–water partition coefficient (Wildman–Crippen LogP) is 2.31. The lowest BCUT2D eigenvalue weighted by Gasteiger charge is -2.06. The van der Waals surface area contributed by atoms with Gasteiger partial charge in [-0.05, 0) is 43.0 Å². The van der Waals surface area contributed by atoms with Crippen molar-refractivity contribution in [1.82, 2.24) is 0 Å². The quantitative estimate of drug-likeness (QED) is 0.760. The molecule has 0 aliphatic carbocycles. The van der Waals surface area contributed by atoms with Crippen molar-refractivity contribution in [2.45, 2.75) is 32.8 Å². The zero-order valence-corrected chi connectivity index (χ0v) is 8.05. The van der Waals surface area contributed by atoms with Gasteiger partial charge in [0.1, 0.15) is 5.82 Å². The van der Waals surface area contributed by atoms with Crippen LogP contribution in [-0.4, -0.2) is 11.2 Å². The van der Waals surface area contributed by atoms with Crippen LogP contribution in [0, 0.1) is 5.82 Å². The molecule has 13 heavy (non-hydrogen) atoms. The van der Waals surface area contributed by atoms with E-state index in [1.165, 1.54) is 12.1 Å². The van der Waals surface area contributed by atoms with Gasteiger partial charge < -0.3 is 5.11 Å². The summed E-state index contributed by atoms with van der Waals surface area (Å²) in [5.74, 6) is -0.213. The number of halogens is 1. The highest BCUT2D eigenvalue weighted by Crippen LogP contribution is 2.11. The van der Waals surface area contributed by atoms with Gasteiger partial charge in [0.15, 0.2) is 0 Å². The van der Waals surface area contributed by atoms with Crippen molar-refractivity contribution in [3.05, 3.63) is 35.1 Å². The average Bonchev–Trinajstić information content (AvgIpc) is 2.01. The first-order valence-electron chi connectivity index (χ1n) is 4.58. The van der Waals surface area contributed by atoms with Gasteiger partial charge in [-0.25, -0.2) is 4.39 Å². The molecule has 0 bridgehead atoms. The molecule has 0 amide bonds. The molecule has 1 rings (SSSR count). The van der Waals surface area contributed by atoms with Gasteiger partial charge >= 0.3 is 0 Å². The minimum Gasteiger partial charge on any atom is -0.393 e. The molecule has 0 aliphatic rings. The van der Waals surface area contributed by atoms with E-state index in [2.05, 4.69) is 0 Å². The Morgan fingerprint density at radius 2 is 1.92 bits per heavy atom. The summed E-state index contributed by atoms with van der Waals surface area (Å²) in [6, 6.07) is 4.95. The normalized spacial score (nSPS) is 12.9. The Bertz CT molecular complexity index is 281. The highest BCUT2D eigenvalue weighted by atomic mass is 19.1. The molecule has 0 aromatic heterocycles. The van der Waals surface area contributed by atoms with Gasteiger partial charge in [-0.15, -0.1) is 0 Å². The number of aliphatic hydroxyl groups is 1. The lowest BCUT2D eigenvalue weighted by atomic mass is 10.0. The van der Waals surface area contributed by atoms with Gasteiger partial charge in [0.05, 0.1) is 6.10 Å². The van der Waals surface area contributed by atoms with Crippen LogP contribution in [0.1, 0.15) is 25.0 Å². The van der Waals surface area contributed by atoms with Crippen LogP contribution in [0.3, 0.4) is 0 Å². The van der Waals surface area contributed by atoms with E-state index in [0.717, 1.165) is 17.5 Å². The minimum absolute atomic E-state index is 0.213. The molecule has 0 spiro atoms. The SMILES string of the molecule is CCc1cc(F)cc(CC(C)O)c1. The summed E-state index contributed by atoms with van der Waals surface area (Å²) in [6.07, 6.45) is 0.932. The van der Waals surface area contributed by atoms with Crippen molar-refractivity contribution < 1.29 is 9.50 Å². The number of aliphatic hydroxyl groups excluding tert-OH is 1. The molecule has 0 heterocycles. The first-order valence-corrected chi connectivity index (χ1v) is 4.58. The Kier molecular flexibility index (Phi) is 3.43. The van der Waals surface area contributed by atoms with Crippen molar-refractivity contribution in [3.8, 4) is 0 Å².